The van der Waals surface area contributed by atoms with Crippen LogP contribution in [0, 0.1) is 5.92 Å². The van der Waals surface area contributed by atoms with Crippen LogP contribution in [0.25, 0.3) is 0 Å². The van der Waals surface area contributed by atoms with Gasteiger partial charge in [0, 0.05) is 7.11 Å². The quantitative estimate of drug-likeness (QED) is 0.914. The molecule has 1 N–H and O–H groups in total. The van der Waals surface area contributed by atoms with Crippen LogP contribution in [0.1, 0.15) is 44.3 Å². The van der Waals surface area contributed by atoms with Crippen molar-refractivity contribution in [2.45, 2.75) is 44.3 Å². The number of ether oxygens (including phenoxy) is 2. The van der Waals surface area contributed by atoms with Gasteiger partial charge in [-0.2, -0.15) is 0 Å². The highest BCUT2D eigenvalue weighted by atomic mass is 35.5. The van der Waals surface area contributed by atoms with Crippen LogP contribution in [0.5, 0.6) is 5.75 Å². The Morgan fingerprint density at radius 1 is 1.30 bits per heavy atom. The molecule has 0 radical (unpaired) electrons. The van der Waals surface area contributed by atoms with E-state index < -0.39 is 11.7 Å². The van der Waals surface area contributed by atoms with Crippen LogP contribution >= 0.6 is 11.6 Å². The third kappa shape index (κ3) is 2.95. The second-order valence-electron chi connectivity index (χ2n) is 5.75. The maximum Gasteiger partial charge on any atom is 0.137 e. The lowest BCUT2D eigenvalue weighted by atomic mass is 9.74. The van der Waals surface area contributed by atoms with E-state index >= 15 is 0 Å². The summed E-state index contributed by atoms with van der Waals surface area (Å²) in [6, 6.07) is 5.40. The zero-order chi connectivity index (χ0) is 14.8. The van der Waals surface area contributed by atoms with Crippen molar-refractivity contribution in [1.82, 2.24) is 0 Å². The van der Waals surface area contributed by atoms with E-state index in [1.807, 2.05) is 6.07 Å². The van der Waals surface area contributed by atoms with Crippen molar-refractivity contribution in [3.63, 3.8) is 0 Å². The molecule has 1 aromatic rings. The SMILES string of the molecule is COc1cc(C(O)C2(OC)CCC(C)CC2)ccc1Cl. The second kappa shape index (κ2) is 6.33. The summed E-state index contributed by atoms with van der Waals surface area (Å²) < 4.78 is 10.9. The fourth-order valence-corrected chi connectivity index (χ4v) is 3.18. The molecule has 1 atom stereocenters. The number of hydrogen-bond acceptors (Lipinski definition) is 3. The molecule has 1 saturated carbocycles. The van der Waals surface area contributed by atoms with Crippen LogP contribution in [-0.2, 0) is 4.74 Å². The molecule has 0 heterocycles. The van der Waals surface area contributed by atoms with Crippen molar-refractivity contribution in [3.8, 4) is 5.75 Å². The molecule has 2 rings (SSSR count). The molecular weight excluding hydrogens is 276 g/mol. The molecule has 1 fully saturated rings. The lowest BCUT2D eigenvalue weighted by Gasteiger charge is -2.42. The van der Waals surface area contributed by atoms with E-state index in [0.717, 1.165) is 31.2 Å². The third-order valence-corrected chi connectivity index (χ3v) is 4.83. The first-order valence-corrected chi connectivity index (χ1v) is 7.47. The minimum Gasteiger partial charge on any atom is -0.495 e. The fourth-order valence-electron chi connectivity index (χ4n) is 2.99. The molecule has 3 nitrogen and oxygen atoms in total. The highest BCUT2D eigenvalue weighted by Crippen LogP contribution is 2.43. The number of hydrogen-bond donors (Lipinski definition) is 1. The number of aliphatic hydroxyl groups is 1. The van der Waals surface area contributed by atoms with Gasteiger partial charge in [0.25, 0.3) is 0 Å². The average molecular weight is 299 g/mol. The Labute approximate surface area is 125 Å². The van der Waals surface area contributed by atoms with Gasteiger partial charge in [0.1, 0.15) is 11.9 Å². The van der Waals surface area contributed by atoms with Gasteiger partial charge in [0.05, 0.1) is 17.7 Å². The number of aliphatic hydroxyl groups excluding tert-OH is 1. The van der Waals surface area contributed by atoms with Crippen molar-refractivity contribution in [3.05, 3.63) is 28.8 Å². The summed E-state index contributed by atoms with van der Waals surface area (Å²) in [4.78, 5) is 0. The number of benzene rings is 1. The van der Waals surface area contributed by atoms with Gasteiger partial charge in [0.2, 0.25) is 0 Å². The van der Waals surface area contributed by atoms with E-state index in [1.54, 1.807) is 26.4 Å². The lowest BCUT2D eigenvalue weighted by molar-refractivity contribution is -0.130. The van der Waals surface area contributed by atoms with Gasteiger partial charge in [-0.05, 0) is 49.3 Å². The standard InChI is InChI=1S/C16H23ClO3/c1-11-6-8-16(20-3,9-7-11)15(18)12-4-5-13(17)14(10-12)19-2/h4-5,10-11,15,18H,6-9H2,1-3H3. The van der Waals surface area contributed by atoms with Crippen LogP contribution in [0.2, 0.25) is 5.02 Å². The van der Waals surface area contributed by atoms with Crippen molar-refractivity contribution in [2.75, 3.05) is 14.2 Å². The molecule has 0 amide bonds. The highest BCUT2D eigenvalue weighted by molar-refractivity contribution is 6.32. The number of methoxy groups -OCH3 is 2. The molecule has 0 saturated heterocycles. The Bertz CT molecular complexity index is 453. The van der Waals surface area contributed by atoms with E-state index in [9.17, 15) is 5.11 Å². The first kappa shape index (κ1) is 15.6. The Kier molecular flexibility index (Phi) is 4.95. The van der Waals surface area contributed by atoms with Gasteiger partial charge in [-0.3, -0.25) is 0 Å². The minimum atomic E-state index is -0.661. The van der Waals surface area contributed by atoms with Gasteiger partial charge in [0.15, 0.2) is 0 Å². The number of rotatable bonds is 4. The van der Waals surface area contributed by atoms with Gasteiger partial charge >= 0.3 is 0 Å². The Morgan fingerprint density at radius 3 is 2.50 bits per heavy atom. The van der Waals surface area contributed by atoms with Crippen LogP contribution in [0.3, 0.4) is 0 Å². The van der Waals surface area contributed by atoms with Gasteiger partial charge in [-0.15, -0.1) is 0 Å². The summed E-state index contributed by atoms with van der Waals surface area (Å²) >= 11 is 6.04. The predicted molar refractivity (Wildman–Crippen MR) is 80.3 cm³/mol. The average Bonchev–Trinajstić information content (AvgIpc) is 2.48. The highest BCUT2D eigenvalue weighted by Gasteiger charge is 2.41. The molecule has 1 aromatic carbocycles. The second-order valence-corrected chi connectivity index (χ2v) is 6.16. The molecule has 112 valence electrons. The minimum absolute atomic E-state index is 0.495. The van der Waals surface area contributed by atoms with Crippen molar-refractivity contribution < 1.29 is 14.6 Å². The summed E-state index contributed by atoms with van der Waals surface area (Å²) in [7, 11) is 3.26. The molecule has 0 aliphatic heterocycles. The maximum atomic E-state index is 10.8. The number of halogens is 1. The van der Waals surface area contributed by atoms with E-state index in [0.29, 0.717) is 16.7 Å². The monoisotopic (exact) mass is 298 g/mol. The third-order valence-electron chi connectivity index (χ3n) is 4.52. The molecule has 4 heteroatoms. The van der Waals surface area contributed by atoms with Crippen LogP contribution in [0.15, 0.2) is 18.2 Å². The van der Waals surface area contributed by atoms with Gasteiger partial charge < -0.3 is 14.6 Å². The van der Waals surface area contributed by atoms with Crippen molar-refractivity contribution in [1.29, 1.82) is 0 Å². The summed E-state index contributed by atoms with van der Waals surface area (Å²) in [6.07, 6.45) is 3.24. The summed E-state index contributed by atoms with van der Waals surface area (Å²) in [6.45, 7) is 2.25. The topological polar surface area (TPSA) is 38.7 Å². The molecule has 1 unspecified atom stereocenters. The molecule has 0 bridgehead atoms. The molecule has 1 aliphatic rings. The maximum absolute atomic E-state index is 10.8. The lowest BCUT2D eigenvalue weighted by Crippen LogP contribution is -2.41. The summed E-state index contributed by atoms with van der Waals surface area (Å²) in [5.41, 5.74) is 0.299. The normalized spacial score (nSPS) is 28.1. The Balaban J connectivity index is 2.26. The molecular formula is C16H23ClO3. The molecule has 0 aromatic heterocycles. The molecule has 1 aliphatic carbocycles. The van der Waals surface area contributed by atoms with E-state index in [2.05, 4.69) is 6.92 Å². The van der Waals surface area contributed by atoms with E-state index in [1.165, 1.54) is 0 Å². The fraction of sp³-hybridized carbons (Fsp3) is 0.625. The van der Waals surface area contributed by atoms with Crippen LogP contribution < -0.4 is 4.74 Å². The summed E-state index contributed by atoms with van der Waals surface area (Å²) in [5.74, 6) is 1.28. The molecule has 20 heavy (non-hydrogen) atoms. The first-order chi connectivity index (χ1) is 9.52. The smallest absolute Gasteiger partial charge is 0.137 e. The largest absolute Gasteiger partial charge is 0.495 e. The predicted octanol–water partition coefficient (Wildman–Crippen LogP) is 3.98. The van der Waals surface area contributed by atoms with Crippen molar-refractivity contribution >= 4 is 11.6 Å². The van der Waals surface area contributed by atoms with E-state index in [-0.39, 0.29) is 0 Å². The van der Waals surface area contributed by atoms with Crippen molar-refractivity contribution in [2.24, 2.45) is 5.92 Å². The Morgan fingerprint density at radius 2 is 1.95 bits per heavy atom. The summed E-state index contributed by atoms with van der Waals surface area (Å²) in [5, 5.41) is 11.3. The van der Waals surface area contributed by atoms with Crippen LogP contribution in [-0.4, -0.2) is 24.9 Å². The first-order valence-electron chi connectivity index (χ1n) is 7.09. The zero-order valence-corrected chi connectivity index (χ0v) is 13.1. The van der Waals surface area contributed by atoms with Crippen LogP contribution in [0.4, 0.5) is 0 Å². The van der Waals surface area contributed by atoms with E-state index in [4.69, 9.17) is 21.1 Å². The zero-order valence-electron chi connectivity index (χ0n) is 12.4. The Hall–Kier alpha value is -0.770. The molecule has 0 spiro atoms. The van der Waals surface area contributed by atoms with Gasteiger partial charge in [-0.1, -0.05) is 24.6 Å². The van der Waals surface area contributed by atoms with Gasteiger partial charge in [-0.25, -0.2) is 0 Å².